The predicted molar refractivity (Wildman–Crippen MR) is 135 cm³/mol. The van der Waals surface area contributed by atoms with E-state index in [1.165, 1.54) is 0 Å². The van der Waals surface area contributed by atoms with Crippen LogP contribution in [0, 0.1) is 4.77 Å². The normalized spacial score (nSPS) is 10.6. The van der Waals surface area contributed by atoms with Gasteiger partial charge in [0.1, 0.15) is 18.1 Å². The molecule has 1 aromatic heterocycles. The molecule has 0 aliphatic heterocycles. The van der Waals surface area contributed by atoms with E-state index in [4.69, 9.17) is 33.3 Å². The van der Waals surface area contributed by atoms with Crippen LogP contribution in [0.3, 0.4) is 0 Å². The van der Waals surface area contributed by atoms with E-state index < -0.39 is 0 Å². The molecule has 0 radical (unpaired) electrons. The van der Waals surface area contributed by atoms with Crippen molar-refractivity contribution < 1.29 is 14.3 Å². The molecule has 2 N–H and O–H groups in total. The van der Waals surface area contributed by atoms with E-state index in [9.17, 15) is 4.79 Å². The van der Waals surface area contributed by atoms with Crippen molar-refractivity contribution >= 4 is 35.4 Å². The average molecular weight is 495 g/mol. The van der Waals surface area contributed by atoms with Gasteiger partial charge in [0.05, 0.1) is 7.11 Å². The van der Waals surface area contributed by atoms with Gasteiger partial charge in [-0.1, -0.05) is 29.8 Å². The van der Waals surface area contributed by atoms with Gasteiger partial charge in [-0.25, -0.2) is 0 Å². The van der Waals surface area contributed by atoms with Crippen LogP contribution in [-0.4, -0.2) is 27.8 Å². The first-order chi connectivity index (χ1) is 16.5. The van der Waals surface area contributed by atoms with Crippen LogP contribution in [0.4, 0.5) is 5.69 Å². The Labute approximate surface area is 207 Å². The Morgan fingerprint density at radius 1 is 1.06 bits per heavy atom. The fraction of sp³-hybridized carbons (Fsp3) is 0.160. The molecule has 0 atom stereocenters. The molecular weight excluding hydrogens is 472 g/mol. The third-order valence-corrected chi connectivity index (χ3v) is 5.84. The molecule has 0 bridgehead atoms. The zero-order chi connectivity index (χ0) is 23.9. The highest BCUT2D eigenvalue weighted by Gasteiger charge is 2.11. The molecule has 7 nitrogen and oxygen atoms in total. The second-order valence-corrected chi connectivity index (χ2v) is 8.23. The van der Waals surface area contributed by atoms with Gasteiger partial charge in [0, 0.05) is 34.8 Å². The van der Waals surface area contributed by atoms with Gasteiger partial charge < -0.3 is 14.8 Å². The first kappa shape index (κ1) is 23.5. The van der Waals surface area contributed by atoms with E-state index in [0.717, 1.165) is 16.9 Å². The minimum atomic E-state index is -0.131. The third-order valence-electron chi connectivity index (χ3n) is 5.16. The Kier molecular flexibility index (Phi) is 7.61. The van der Waals surface area contributed by atoms with Crippen LogP contribution >= 0.6 is 23.8 Å². The Morgan fingerprint density at radius 2 is 1.76 bits per heavy atom. The number of amides is 1. The number of aromatic nitrogens is 3. The molecule has 1 amide bonds. The van der Waals surface area contributed by atoms with Crippen LogP contribution < -0.4 is 14.8 Å². The summed E-state index contributed by atoms with van der Waals surface area (Å²) in [6.07, 6.45) is 0.238. The van der Waals surface area contributed by atoms with E-state index in [1.807, 2.05) is 53.1 Å². The van der Waals surface area contributed by atoms with Crippen molar-refractivity contribution in [3.05, 3.63) is 88.2 Å². The monoisotopic (exact) mass is 494 g/mol. The number of carbonyl (C=O) groups excluding carboxylic acids is 1. The summed E-state index contributed by atoms with van der Waals surface area (Å²) in [7, 11) is 1.62. The van der Waals surface area contributed by atoms with E-state index in [2.05, 4.69) is 15.5 Å². The van der Waals surface area contributed by atoms with Gasteiger partial charge in [0.15, 0.2) is 10.6 Å². The van der Waals surface area contributed by atoms with Crippen molar-refractivity contribution in [2.24, 2.45) is 0 Å². The lowest BCUT2D eigenvalue weighted by Gasteiger charge is -2.10. The van der Waals surface area contributed by atoms with Crippen LogP contribution in [0.25, 0.3) is 11.4 Å². The van der Waals surface area contributed by atoms with Gasteiger partial charge in [-0.15, -0.1) is 0 Å². The molecule has 4 rings (SSSR count). The number of hydrogen-bond acceptors (Lipinski definition) is 5. The summed E-state index contributed by atoms with van der Waals surface area (Å²) in [6.45, 7) is 0.759. The molecule has 3 aromatic carbocycles. The zero-order valence-electron chi connectivity index (χ0n) is 18.5. The lowest BCUT2D eigenvalue weighted by atomic mass is 10.2. The smallest absolute Gasteiger partial charge is 0.226 e. The van der Waals surface area contributed by atoms with Crippen molar-refractivity contribution in [1.82, 2.24) is 14.8 Å². The highest BCUT2D eigenvalue weighted by molar-refractivity contribution is 7.71. The molecule has 4 aromatic rings. The highest BCUT2D eigenvalue weighted by Crippen LogP contribution is 2.22. The van der Waals surface area contributed by atoms with Crippen molar-refractivity contribution in [1.29, 1.82) is 0 Å². The molecule has 0 fully saturated rings. The molecule has 9 heteroatoms. The van der Waals surface area contributed by atoms with E-state index >= 15 is 0 Å². The number of methoxy groups -OCH3 is 1. The van der Waals surface area contributed by atoms with Gasteiger partial charge in [0.2, 0.25) is 5.91 Å². The molecule has 1 heterocycles. The number of aromatic amines is 1. The Balaban J connectivity index is 1.32. The maximum absolute atomic E-state index is 12.5. The number of H-pyrrole nitrogens is 1. The zero-order valence-corrected chi connectivity index (χ0v) is 20.0. The lowest BCUT2D eigenvalue weighted by Crippen LogP contribution is -2.15. The van der Waals surface area contributed by atoms with E-state index in [0.29, 0.717) is 40.2 Å². The summed E-state index contributed by atoms with van der Waals surface area (Å²) in [5.41, 5.74) is 2.47. The van der Waals surface area contributed by atoms with Crippen LogP contribution in [0.5, 0.6) is 11.5 Å². The summed E-state index contributed by atoms with van der Waals surface area (Å²) in [5, 5.41) is 10.7. The van der Waals surface area contributed by atoms with E-state index in [-0.39, 0.29) is 12.3 Å². The number of rotatable bonds is 9. The van der Waals surface area contributed by atoms with Crippen LogP contribution in [0.15, 0.2) is 72.8 Å². The fourth-order valence-electron chi connectivity index (χ4n) is 3.33. The minimum absolute atomic E-state index is 0.131. The van der Waals surface area contributed by atoms with Gasteiger partial charge in [-0.05, 0) is 66.8 Å². The third kappa shape index (κ3) is 5.84. The van der Waals surface area contributed by atoms with Crippen molar-refractivity contribution in [3.8, 4) is 22.9 Å². The summed E-state index contributed by atoms with van der Waals surface area (Å²) in [4.78, 5) is 12.5. The topological polar surface area (TPSA) is 81.2 Å². The standard InChI is InChI=1S/C25H23ClN4O3S/c1-32-20-10-6-17(7-11-20)24-28-29-25(34)30(24)15-14-23(31)27-19-8-12-21(13-9-19)33-16-18-4-2-3-5-22(18)26/h2-13H,14-16H2,1H3,(H,27,31)(H,29,34). The Hall–Kier alpha value is -3.62. The molecular formula is C25H23ClN4O3S. The quantitative estimate of drug-likeness (QED) is 0.284. The molecule has 0 aliphatic rings. The average Bonchev–Trinajstić information content (AvgIpc) is 3.23. The molecule has 0 saturated carbocycles. The molecule has 34 heavy (non-hydrogen) atoms. The number of nitrogens with zero attached hydrogens (tertiary/aromatic N) is 2. The number of ether oxygens (including phenoxy) is 2. The maximum Gasteiger partial charge on any atom is 0.226 e. The summed E-state index contributed by atoms with van der Waals surface area (Å²) >= 11 is 11.5. The molecule has 174 valence electrons. The number of nitrogens with one attached hydrogen (secondary N) is 2. The van der Waals surface area contributed by atoms with Crippen LogP contribution in [0.2, 0.25) is 5.02 Å². The minimum Gasteiger partial charge on any atom is -0.497 e. The van der Waals surface area contributed by atoms with Crippen LogP contribution in [0.1, 0.15) is 12.0 Å². The van der Waals surface area contributed by atoms with Gasteiger partial charge in [-0.2, -0.15) is 5.10 Å². The fourth-order valence-corrected chi connectivity index (χ4v) is 3.75. The number of carbonyl (C=O) groups is 1. The maximum atomic E-state index is 12.5. The van der Waals surface area contributed by atoms with Gasteiger partial charge >= 0.3 is 0 Å². The second-order valence-electron chi connectivity index (χ2n) is 7.44. The predicted octanol–water partition coefficient (Wildman–Crippen LogP) is 5.88. The molecule has 0 spiro atoms. The first-order valence-corrected chi connectivity index (χ1v) is 11.4. The van der Waals surface area contributed by atoms with Gasteiger partial charge in [0.25, 0.3) is 0 Å². The number of halogens is 1. The largest absolute Gasteiger partial charge is 0.497 e. The molecule has 0 saturated heterocycles. The van der Waals surface area contributed by atoms with Crippen molar-refractivity contribution in [2.45, 2.75) is 19.6 Å². The summed E-state index contributed by atoms with van der Waals surface area (Å²) in [6, 6.07) is 22.3. The van der Waals surface area contributed by atoms with E-state index in [1.54, 1.807) is 31.4 Å². The SMILES string of the molecule is COc1ccc(-c2n[nH]c(=S)n2CCC(=O)Nc2ccc(OCc3ccccc3Cl)cc2)cc1. The van der Waals surface area contributed by atoms with Gasteiger partial charge in [-0.3, -0.25) is 14.5 Å². The van der Waals surface area contributed by atoms with Crippen molar-refractivity contribution in [2.75, 3.05) is 12.4 Å². The Bertz CT molecular complexity index is 1320. The first-order valence-electron chi connectivity index (χ1n) is 10.6. The number of anilines is 1. The van der Waals surface area contributed by atoms with Crippen molar-refractivity contribution in [3.63, 3.8) is 0 Å². The molecule has 0 aliphatic carbocycles. The second kappa shape index (κ2) is 11.0. The number of hydrogen-bond donors (Lipinski definition) is 2. The number of benzene rings is 3. The lowest BCUT2D eigenvalue weighted by molar-refractivity contribution is -0.116. The van der Waals surface area contributed by atoms with Crippen LogP contribution in [-0.2, 0) is 17.9 Å². The molecule has 0 unspecified atom stereocenters. The highest BCUT2D eigenvalue weighted by atomic mass is 35.5. The summed E-state index contributed by atoms with van der Waals surface area (Å²) in [5.74, 6) is 1.98. The Morgan fingerprint density at radius 3 is 2.47 bits per heavy atom. The summed E-state index contributed by atoms with van der Waals surface area (Å²) < 4.78 is 13.2.